The molecule has 0 bridgehead atoms. The van der Waals surface area contributed by atoms with E-state index in [-0.39, 0.29) is 0 Å². The van der Waals surface area contributed by atoms with Gasteiger partial charge in [-0.25, -0.2) is 0 Å². The van der Waals surface area contributed by atoms with Gasteiger partial charge in [0.15, 0.2) is 0 Å². The van der Waals surface area contributed by atoms with Crippen molar-refractivity contribution in [2.24, 2.45) is 11.8 Å². The zero-order chi connectivity index (χ0) is 11.5. The van der Waals surface area contributed by atoms with Crippen LogP contribution in [0.5, 0.6) is 0 Å². The molecule has 16 heavy (non-hydrogen) atoms. The summed E-state index contributed by atoms with van der Waals surface area (Å²) in [4.78, 5) is 5.20. The highest BCUT2D eigenvalue weighted by molar-refractivity contribution is 4.85. The third kappa shape index (κ3) is 2.98. The van der Waals surface area contributed by atoms with Crippen molar-refractivity contribution in [1.29, 1.82) is 0 Å². The van der Waals surface area contributed by atoms with Crippen molar-refractivity contribution in [3.63, 3.8) is 0 Å². The first-order valence-corrected chi connectivity index (χ1v) is 7.15. The predicted molar refractivity (Wildman–Crippen MR) is 69.7 cm³/mol. The van der Waals surface area contributed by atoms with Crippen LogP contribution in [-0.2, 0) is 0 Å². The first-order chi connectivity index (χ1) is 7.69. The van der Waals surface area contributed by atoms with E-state index in [1.165, 1.54) is 52.0 Å². The second-order valence-corrected chi connectivity index (χ2v) is 6.03. The summed E-state index contributed by atoms with van der Waals surface area (Å²) >= 11 is 0. The van der Waals surface area contributed by atoms with Gasteiger partial charge in [0, 0.05) is 19.1 Å². The fourth-order valence-electron chi connectivity index (χ4n) is 3.19. The van der Waals surface area contributed by atoms with Gasteiger partial charge in [-0.15, -0.1) is 0 Å². The molecule has 2 rings (SSSR count). The minimum absolute atomic E-state index is 0.762. The quantitative estimate of drug-likeness (QED) is 0.724. The third-order valence-corrected chi connectivity index (χ3v) is 4.54. The van der Waals surface area contributed by atoms with E-state index in [0.717, 1.165) is 17.9 Å². The second kappa shape index (κ2) is 5.50. The molecule has 0 aromatic heterocycles. The van der Waals surface area contributed by atoms with Gasteiger partial charge < -0.3 is 9.80 Å². The van der Waals surface area contributed by atoms with Gasteiger partial charge in [0.1, 0.15) is 0 Å². The first-order valence-electron chi connectivity index (χ1n) is 7.15. The molecule has 2 nitrogen and oxygen atoms in total. The lowest BCUT2D eigenvalue weighted by Gasteiger charge is -2.44. The summed E-state index contributed by atoms with van der Waals surface area (Å²) in [6, 6.07) is 0.762. The minimum atomic E-state index is 0.762. The molecule has 0 saturated carbocycles. The molecular formula is C14H28N2. The Balaban J connectivity index is 1.62. The Morgan fingerprint density at radius 1 is 1.06 bits per heavy atom. The molecule has 0 N–H and O–H groups in total. The number of nitrogens with zero attached hydrogens (tertiary/aromatic N) is 2. The molecule has 2 saturated heterocycles. The molecule has 0 amide bonds. The Morgan fingerprint density at radius 3 is 2.19 bits per heavy atom. The SMILES string of the molecule is CCN1CCC(CC2CN(C(C)C)C2)CC1. The summed E-state index contributed by atoms with van der Waals surface area (Å²) in [5, 5.41) is 0. The molecule has 0 radical (unpaired) electrons. The fourth-order valence-corrected chi connectivity index (χ4v) is 3.19. The molecule has 0 aromatic carbocycles. The van der Waals surface area contributed by atoms with Gasteiger partial charge in [0.05, 0.1) is 0 Å². The number of piperidine rings is 1. The van der Waals surface area contributed by atoms with E-state index in [1.807, 2.05) is 0 Å². The Bertz CT molecular complexity index is 201. The second-order valence-electron chi connectivity index (χ2n) is 6.03. The van der Waals surface area contributed by atoms with E-state index in [9.17, 15) is 0 Å². The van der Waals surface area contributed by atoms with Crippen LogP contribution in [-0.4, -0.2) is 48.6 Å². The number of likely N-dealkylation sites (tertiary alicyclic amines) is 2. The average Bonchev–Trinajstić information content (AvgIpc) is 2.23. The van der Waals surface area contributed by atoms with Crippen molar-refractivity contribution in [2.75, 3.05) is 32.7 Å². The van der Waals surface area contributed by atoms with Crippen molar-refractivity contribution in [2.45, 2.75) is 46.1 Å². The Morgan fingerprint density at radius 2 is 1.69 bits per heavy atom. The Labute approximate surface area is 101 Å². The zero-order valence-electron chi connectivity index (χ0n) is 11.3. The van der Waals surface area contributed by atoms with Gasteiger partial charge in [-0.05, 0) is 64.6 Å². The molecule has 0 atom stereocenters. The number of hydrogen-bond acceptors (Lipinski definition) is 2. The van der Waals surface area contributed by atoms with Gasteiger partial charge in [-0.3, -0.25) is 0 Å². The van der Waals surface area contributed by atoms with E-state index in [4.69, 9.17) is 0 Å². The monoisotopic (exact) mass is 224 g/mol. The van der Waals surface area contributed by atoms with Gasteiger partial charge >= 0.3 is 0 Å². The Kier molecular flexibility index (Phi) is 4.26. The minimum Gasteiger partial charge on any atom is -0.304 e. The summed E-state index contributed by atoms with van der Waals surface area (Å²) < 4.78 is 0. The standard InChI is InChI=1S/C14H28N2/c1-4-15-7-5-13(6-8-15)9-14-10-16(11-14)12(2)3/h12-14H,4-11H2,1-3H3. The van der Waals surface area contributed by atoms with Crippen LogP contribution >= 0.6 is 0 Å². The summed E-state index contributed by atoms with van der Waals surface area (Å²) in [6.07, 6.45) is 4.40. The van der Waals surface area contributed by atoms with Crippen LogP contribution in [0.2, 0.25) is 0 Å². The number of hydrogen-bond donors (Lipinski definition) is 0. The van der Waals surface area contributed by atoms with E-state index in [2.05, 4.69) is 30.6 Å². The van der Waals surface area contributed by atoms with Gasteiger partial charge in [-0.1, -0.05) is 6.92 Å². The molecule has 0 aliphatic carbocycles. The molecule has 2 aliphatic rings. The van der Waals surface area contributed by atoms with Crippen molar-refractivity contribution >= 4 is 0 Å². The molecule has 2 fully saturated rings. The lowest BCUT2D eigenvalue weighted by molar-refractivity contribution is 0.0434. The van der Waals surface area contributed by atoms with Crippen LogP contribution in [0.4, 0.5) is 0 Å². The maximum absolute atomic E-state index is 2.60. The summed E-state index contributed by atoms with van der Waals surface area (Å²) in [5.74, 6) is 2.04. The zero-order valence-corrected chi connectivity index (χ0v) is 11.3. The van der Waals surface area contributed by atoms with E-state index in [0.29, 0.717) is 0 Å². The lowest BCUT2D eigenvalue weighted by atomic mass is 9.83. The summed E-state index contributed by atoms with van der Waals surface area (Å²) in [6.45, 7) is 13.6. The third-order valence-electron chi connectivity index (χ3n) is 4.54. The highest BCUT2D eigenvalue weighted by atomic mass is 15.2. The molecular weight excluding hydrogens is 196 g/mol. The molecule has 0 spiro atoms. The van der Waals surface area contributed by atoms with Crippen LogP contribution in [0, 0.1) is 11.8 Å². The molecule has 0 unspecified atom stereocenters. The van der Waals surface area contributed by atoms with Gasteiger partial charge in [0.25, 0.3) is 0 Å². The van der Waals surface area contributed by atoms with Crippen molar-refractivity contribution < 1.29 is 0 Å². The van der Waals surface area contributed by atoms with Crippen LogP contribution in [0.3, 0.4) is 0 Å². The summed E-state index contributed by atoms with van der Waals surface area (Å²) in [7, 11) is 0. The maximum atomic E-state index is 2.60. The van der Waals surface area contributed by atoms with Crippen molar-refractivity contribution in [3.05, 3.63) is 0 Å². The topological polar surface area (TPSA) is 6.48 Å². The van der Waals surface area contributed by atoms with E-state index >= 15 is 0 Å². The normalized spacial score (nSPS) is 26.2. The van der Waals surface area contributed by atoms with E-state index in [1.54, 1.807) is 0 Å². The van der Waals surface area contributed by atoms with Crippen LogP contribution in [0.1, 0.15) is 40.0 Å². The molecule has 2 aliphatic heterocycles. The van der Waals surface area contributed by atoms with Gasteiger partial charge in [-0.2, -0.15) is 0 Å². The first kappa shape index (κ1) is 12.4. The highest BCUT2D eigenvalue weighted by Crippen LogP contribution is 2.29. The average molecular weight is 224 g/mol. The van der Waals surface area contributed by atoms with Crippen LogP contribution < -0.4 is 0 Å². The smallest absolute Gasteiger partial charge is 0.00388 e. The maximum Gasteiger partial charge on any atom is 0.00388 e. The largest absolute Gasteiger partial charge is 0.304 e. The van der Waals surface area contributed by atoms with Crippen LogP contribution in [0.15, 0.2) is 0 Å². The van der Waals surface area contributed by atoms with Crippen LogP contribution in [0.25, 0.3) is 0 Å². The summed E-state index contributed by atoms with van der Waals surface area (Å²) in [5.41, 5.74) is 0. The highest BCUT2D eigenvalue weighted by Gasteiger charge is 2.31. The predicted octanol–water partition coefficient (Wildman–Crippen LogP) is 2.45. The lowest BCUT2D eigenvalue weighted by Crippen LogP contribution is -2.51. The van der Waals surface area contributed by atoms with Gasteiger partial charge in [0.2, 0.25) is 0 Å². The van der Waals surface area contributed by atoms with Crippen molar-refractivity contribution in [1.82, 2.24) is 9.80 Å². The van der Waals surface area contributed by atoms with E-state index < -0.39 is 0 Å². The molecule has 2 heteroatoms. The molecule has 2 heterocycles. The molecule has 0 aromatic rings. The number of rotatable bonds is 4. The fraction of sp³-hybridized carbons (Fsp3) is 1.00. The van der Waals surface area contributed by atoms with Crippen molar-refractivity contribution in [3.8, 4) is 0 Å². The molecule has 94 valence electrons. The Hall–Kier alpha value is -0.0800.